The summed E-state index contributed by atoms with van der Waals surface area (Å²) in [5.41, 5.74) is -0.474. The van der Waals surface area contributed by atoms with E-state index in [0.29, 0.717) is 5.39 Å². The Balaban J connectivity index is 0.000000980. The fourth-order valence-electron chi connectivity index (χ4n) is 1.05. The van der Waals surface area contributed by atoms with Gasteiger partial charge in [-0.1, -0.05) is 11.5 Å². The van der Waals surface area contributed by atoms with E-state index < -0.39 is 12.4 Å². The largest absolute Gasteiger partial charge is 1.00 e. The van der Waals surface area contributed by atoms with Crippen LogP contribution in [0.1, 0.15) is 0 Å². The smallest absolute Gasteiger partial charge is 0.446 e. The third kappa shape index (κ3) is 2.40. The first kappa shape index (κ1) is 12.3. The molecule has 0 aromatic carbocycles. The molecule has 0 atom stereocenters. The van der Waals surface area contributed by atoms with E-state index in [4.69, 9.17) is 4.42 Å². The summed E-state index contributed by atoms with van der Waals surface area (Å²) in [7, 11) is 0. The number of rotatable bonds is 1. The monoisotopic (exact) mass is 225 g/mol. The molecule has 0 aliphatic rings. The molecule has 0 unspecified atom stereocenters. The van der Waals surface area contributed by atoms with Crippen LogP contribution in [0.25, 0.3) is 11.1 Å². The molecule has 14 heavy (non-hydrogen) atoms. The van der Waals surface area contributed by atoms with Gasteiger partial charge in [-0.05, 0) is 6.07 Å². The molecule has 68 valence electrons. The van der Waals surface area contributed by atoms with E-state index in [2.05, 4.69) is 4.98 Å². The minimum atomic E-state index is -4.97. The maximum Gasteiger partial charge on any atom is 1.00 e. The van der Waals surface area contributed by atoms with Crippen LogP contribution in [0.3, 0.4) is 0 Å². The molecule has 2 aromatic rings. The minimum Gasteiger partial charge on any atom is -0.446 e. The first-order valence-corrected chi connectivity index (χ1v) is 3.60. The molecule has 2 nitrogen and oxygen atoms in total. The molecule has 0 amide bonds. The number of halogens is 3. The second kappa shape index (κ2) is 4.36. The fraction of sp³-hybridized carbons (Fsp3) is 0. The van der Waals surface area contributed by atoms with Gasteiger partial charge >= 0.3 is 58.4 Å². The van der Waals surface area contributed by atoms with E-state index in [1.165, 1.54) is 12.3 Å². The third-order valence-electron chi connectivity index (χ3n) is 1.71. The Labute approximate surface area is 120 Å². The molecule has 0 fully saturated rings. The summed E-state index contributed by atoms with van der Waals surface area (Å²) >= 11 is 0. The maximum atomic E-state index is 12.2. The van der Waals surface area contributed by atoms with Gasteiger partial charge in [0.15, 0.2) is 0 Å². The van der Waals surface area contributed by atoms with Crippen LogP contribution >= 0.6 is 0 Å². The van der Waals surface area contributed by atoms with Crippen LogP contribution < -0.4 is 56.8 Å². The zero-order chi connectivity index (χ0) is 9.47. The van der Waals surface area contributed by atoms with E-state index >= 15 is 0 Å². The summed E-state index contributed by atoms with van der Waals surface area (Å²) in [5.74, 6) is 0. The topological polar surface area (TPSA) is 26.0 Å². The third-order valence-corrected chi connectivity index (χ3v) is 1.71. The number of fused-ring (bicyclic) bond motifs is 1. The van der Waals surface area contributed by atoms with Gasteiger partial charge in [0.25, 0.3) is 0 Å². The van der Waals surface area contributed by atoms with Gasteiger partial charge in [0.05, 0.1) is 6.26 Å². The zero-order valence-electron chi connectivity index (χ0n) is 7.38. The van der Waals surface area contributed by atoms with E-state index in [0.717, 1.165) is 12.3 Å². The molecule has 0 radical (unpaired) electrons. The van der Waals surface area contributed by atoms with Gasteiger partial charge in [0, 0.05) is 11.6 Å². The van der Waals surface area contributed by atoms with Crippen molar-refractivity contribution in [1.82, 2.24) is 4.98 Å². The van der Waals surface area contributed by atoms with Crippen molar-refractivity contribution in [2.24, 2.45) is 0 Å². The number of hydrogen-bond donors (Lipinski definition) is 0. The summed E-state index contributed by atoms with van der Waals surface area (Å²) in [5, 5.41) is 0.372. The van der Waals surface area contributed by atoms with Crippen LogP contribution in [0.2, 0.25) is 0 Å². The van der Waals surface area contributed by atoms with Crippen molar-refractivity contribution >= 4 is 23.5 Å². The second-order valence-electron chi connectivity index (χ2n) is 2.66. The van der Waals surface area contributed by atoms with Crippen LogP contribution in [0.5, 0.6) is 0 Å². The van der Waals surface area contributed by atoms with E-state index in [1.54, 1.807) is 0 Å². The fourth-order valence-corrected chi connectivity index (χ4v) is 1.05. The van der Waals surface area contributed by atoms with Crippen molar-refractivity contribution in [1.29, 1.82) is 0 Å². The number of nitrogens with zero attached hydrogens (tertiary/aromatic N) is 1. The summed E-state index contributed by atoms with van der Waals surface area (Å²) in [6.07, 6.45) is 2.09. The minimum absolute atomic E-state index is 0. The van der Waals surface area contributed by atoms with Gasteiger partial charge in [0.2, 0.25) is 5.71 Å². The molecule has 0 N–H and O–H groups in total. The second-order valence-corrected chi connectivity index (χ2v) is 2.66. The molecule has 7 heteroatoms. The quantitative estimate of drug-likeness (QED) is 0.575. The van der Waals surface area contributed by atoms with Crippen LogP contribution in [-0.4, -0.2) is 12.0 Å². The van der Waals surface area contributed by atoms with E-state index in [-0.39, 0.29) is 57.1 Å². The Morgan fingerprint density at radius 3 is 2.64 bits per heavy atom. The van der Waals surface area contributed by atoms with Crippen LogP contribution in [-0.2, 0) is 0 Å². The van der Waals surface area contributed by atoms with Gasteiger partial charge in [-0.3, -0.25) is 0 Å². The molecule has 2 rings (SSSR count). The number of hydrogen-bond acceptors (Lipinski definition) is 2. The molecule has 0 aliphatic heterocycles. The summed E-state index contributed by atoms with van der Waals surface area (Å²) in [4.78, 5) is 3.54. The van der Waals surface area contributed by atoms with Gasteiger partial charge in [0.1, 0.15) is 0 Å². The molecule has 0 bridgehead atoms. The van der Waals surface area contributed by atoms with Crippen LogP contribution in [0.15, 0.2) is 29.0 Å². The van der Waals surface area contributed by atoms with Gasteiger partial charge in [-0.15, -0.1) is 0 Å². The first-order valence-electron chi connectivity index (χ1n) is 3.60. The van der Waals surface area contributed by atoms with Crippen LogP contribution in [0, 0.1) is 0 Å². The van der Waals surface area contributed by atoms with Crippen molar-refractivity contribution in [3.63, 3.8) is 0 Å². The average Bonchev–Trinajstić information content (AvgIpc) is 2.47. The normalized spacial score (nSPS) is 11.4. The Bertz CT molecular complexity index is 442. The summed E-state index contributed by atoms with van der Waals surface area (Å²) in [6, 6.07) is 2.49. The van der Waals surface area contributed by atoms with Crippen molar-refractivity contribution < 1.29 is 68.7 Å². The predicted molar refractivity (Wildman–Crippen MR) is 42.7 cm³/mol. The van der Waals surface area contributed by atoms with Gasteiger partial charge < -0.3 is 17.4 Å². The molecular formula is C7H4BF3KNO. The Morgan fingerprint density at radius 1 is 1.29 bits per heavy atom. The molecule has 0 saturated carbocycles. The summed E-state index contributed by atoms with van der Waals surface area (Å²) in [6.45, 7) is -4.97. The first-order chi connectivity index (χ1) is 6.07. The van der Waals surface area contributed by atoms with Crippen LogP contribution in [0.4, 0.5) is 12.9 Å². The molecule has 0 aliphatic carbocycles. The molecule has 2 aromatic heterocycles. The van der Waals surface area contributed by atoms with Crippen molar-refractivity contribution in [3.8, 4) is 0 Å². The van der Waals surface area contributed by atoms with E-state index in [1.807, 2.05) is 0 Å². The maximum absolute atomic E-state index is 12.2. The zero-order valence-corrected chi connectivity index (χ0v) is 10.5. The predicted octanol–water partition coefficient (Wildman–Crippen LogP) is -1.11. The van der Waals surface area contributed by atoms with Crippen molar-refractivity contribution in [2.75, 3.05) is 0 Å². The molecule has 0 saturated heterocycles. The number of pyridine rings is 1. The standard InChI is InChI=1S/C7H4BF3NO.K/c9-8(10,11)6-3-5-1-2-13-7(5)12-4-6;/h1-4H;/q-1;+1. The van der Waals surface area contributed by atoms with Crippen molar-refractivity contribution in [3.05, 3.63) is 24.6 Å². The SMILES string of the molecule is F[B-](F)(F)c1cnc2occc2c1.[K+]. The Hall–Kier alpha value is 0.181. The Kier molecular flexibility index (Phi) is 3.82. The summed E-state index contributed by atoms with van der Waals surface area (Å²) < 4.78 is 41.5. The average molecular weight is 225 g/mol. The molecule has 2 heterocycles. The molecular weight excluding hydrogens is 221 g/mol. The van der Waals surface area contributed by atoms with E-state index in [9.17, 15) is 12.9 Å². The molecule has 0 spiro atoms. The van der Waals surface area contributed by atoms with Gasteiger partial charge in [-0.25, -0.2) is 4.98 Å². The number of aromatic nitrogens is 1. The Morgan fingerprint density at radius 2 is 2.00 bits per heavy atom. The number of furan rings is 1. The van der Waals surface area contributed by atoms with Crippen molar-refractivity contribution in [2.45, 2.75) is 0 Å². The van der Waals surface area contributed by atoms with Gasteiger partial charge in [-0.2, -0.15) is 0 Å².